The molecule has 1 heteroatoms. The fourth-order valence-electron chi connectivity index (χ4n) is 3.79. The summed E-state index contributed by atoms with van der Waals surface area (Å²) in [6, 6.07) is 43.6. The lowest BCUT2D eigenvalue weighted by atomic mass is 10.0. The fourth-order valence-corrected chi connectivity index (χ4v) is 3.79. The van der Waals surface area contributed by atoms with Crippen LogP contribution in [0.5, 0.6) is 0 Å². The van der Waals surface area contributed by atoms with E-state index in [1.165, 1.54) is 11.1 Å². The van der Waals surface area contributed by atoms with E-state index in [0.29, 0.717) is 12.1 Å². The van der Waals surface area contributed by atoms with Gasteiger partial charge in [-0.1, -0.05) is 103 Å². The number of rotatable bonds is 5. The molecule has 5 aromatic carbocycles. The summed E-state index contributed by atoms with van der Waals surface area (Å²) in [7, 11) is 0. The average Bonchev–Trinajstić information content (AvgIpc) is 2.87. The molecule has 0 aliphatic rings. The first kappa shape index (κ1) is 16.7. The molecule has 0 saturated carbocycles. The molecule has 1 nitrogen and oxygen atoms in total. The van der Waals surface area contributed by atoms with Gasteiger partial charge in [-0.05, 0) is 58.7 Å². The topological polar surface area (TPSA) is 3.24 Å². The molecule has 31 heavy (non-hydrogen) atoms. The van der Waals surface area contributed by atoms with Crippen molar-refractivity contribution in [3.05, 3.63) is 139 Å². The van der Waals surface area contributed by atoms with Crippen molar-refractivity contribution in [3.8, 4) is 22.3 Å². The minimum Gasteiger partial charge on any atom is -0.311 e. The third kappa shape index (κ3) is 4.12. The van der Waals surface area contributed by atoms with E-state index in [0.717, 1.165) is 28.2 Å². The van der Waals surface area contributed by atoms with Crippen LogP contribution in [0.3, 0.4) is 0 Å². The van der Waals surface area contributed by atoms with E-state index < -0.39 is 0 Å². The van der Waals surface area contributed by atoms with Crippen molar-refractivity contribution in [2.45, 2.75) is 0 Å². The lowest BCUT2D eigenvalue weighted by molar-refractivity contribution is 1.28. The molecule has 148 valence electrons. The molecule has 0 saturated heterocycles. The minimum atomic E-state index is 0.492. The summed E-state index contributed by atoms with van der Waals surface area (Å²) in [6.45, 7) is 0. The Balaban J connectivity index is 1.52. The first-order valence-corrected chi connectivity index (χ1v) is 10.4. The van der Waals surface area contributed by atoms with Gasteiger partial charge in [0, 0.05) is 17.1 Å². The van der Waals surface area contributed by atoms with Crippen LogP contribution in [-0.2, 0) is 0 Å². The molecule has 0 aromatic heterocycles. The van der Waals surface area contributed by atoms with Crippen LogP contribution >= 0.6 is 0 Å². The summed E-state index contributed by atoms with van der Waals surface area (Å²) in [5.41, 5.74) is 7.67. The molecule has 0 aliphatic carbocycles. The second-order valence-electron chi connectivity index (χ2n) is 7.34. The fraction of sp³-hybridized carbons (Fsp3) is 0. The zero-order valence-corrected chi connectivity index (χ0v) is 17.1. The van der Waals surface area contributed by atoms with Crippen LogP contribution in [0.4, 0.5) is 17.1 Å². The maximum Gasteiger partial charge on any atom is 0.0623 e. The number of anilines is 3. The van der Waals surface area contributed by atoms with Crippen molar-refractivity contribution in [1.82, 2.24) is 0 Å². The van der Waals surface area contributed by atoms with E-state index in [-0.39, 0.29) is 0 Å². The van der Waals surface area contributed by atoms with Crippen LogP contribution < -0.4 is 4.90 Å². The molecule has 0 fully saturated rings. The predicted octanol–water partition coefficient (Wildman–Crippen LogP) is 8.49. The first-order chi connectivity index (χ1) is 16.2. The molecule has 0 unspecified atom stereocenters. The van der Waals surface area contributed by atoms with Gasteiger partial charge >= 0.3 is 0 Å². The second kappa shape index (κ2) is 8.73. The van der Waals surface area contributed by atoms with Crippen molar-refractivity contribution in [3.63, 3.8) is 0 Å². The van der Waals surface area contributed by atoms with Gasteiger partial charge in [0.2, 0.25) is 0 Å². The van der Waals surface area contributed by atoms with Gasteiger partial charge in [0.15, 0.2) is 0 Å². The van der Waals surface area contributed by atoms with Crippen molar-refractivity contribution in [2.24, 2.45) is 0 Å². The van der Waals surface area contributed by atoms with Crippen molar-refractivity contribution in [2.75, 3.05) is 4.90 Å². The van der Waals surface area contributed by atoms with Crippen molar-refractivity contribution < 1.29 is 2.74 Å². The molecule has 5 rings (SSSR count). The average molecular weight is 402 g/mol. The molecule has 0 spiro atoms. The smallest absolute Gasteiger partial charge is 0.0623 e. The van der Waals surface area contributed by atoms with Crippen molar-refractivity contribution >= 4 is 17.1 Å². The Morgan fingerprint density at radius 2 is 0.710 bits per heavy atom. The number of benzene rings is 5. The van der Waals surface area contributed by atoms with Crippen LogP contribution in [0.1, 0.15) is 2.74 Å². The zero-order valence-electron chi connectivity index (χ0n) is 19.1. The molecule has 5 aromatic rings. The summed E-state index contributed by atoms with van der Waals surface area (Å²) in [5, 5.41) is 0. The Morgan fingerprint density at radius 1 is 0.355 bits per heavy atom. The molecular weight excluding hydrogens is 374 g/mol. The van der Waals surface area contributed by atoms with Gasteiger partial charge < -0.3 is 4.90 Å². The Hall–Kier alpha value is -4.10. The van der Waals surface area contributed by atoms with Gasteiger partial charge in [-0.3, -0.25) is 0 Å². The SMILES string of the molecule is [3H]c1ccc(-c2ccc(N(c3ccc([3H])cc3)c3ccc(-c4ccccc4)cc3)cc2)cc1. The molecule has 0 atom stereocenters. The highest BCUT2D eigenvalue weighted by atomic mass is 15.1. The number of nitrogens with zero attached hydrogens (tertiary/aromatic N) is 1. The molecule has 0 N–H and O–H groups in total. The van der Waals surface area contributed by atoms with E-state index in [9.17, 15) is 0 Å². The highest BCUT2D eigenvalue weighted by Crippen LogP contribution is 2.36. The Bertz CT molecular complexity index is 1330. The van der Waals surface area contributed by atoms with E-state index in [4.69, 9.17) is 2.74 Å². The van der Waals surface area contributed by atoms with Crippen LogP contribution in [0.25, 0.3) is 22.3 Å². The van der Waals surface area contributed by atoms with Gasteiger partial charge in [-0.2, -0.15) is 0 Å². The molecule has 0 amide bonds. The summed E-state index contributed by atoms with van der Waals surface area (Å²) in [5.74, 6) is 0. The first-order valence-electron chi connectivity index (χ1n) is 11.4. The van der Waals surface area contributed by atoms with Crippen LogP contribution in [0.15, 0.2) is 139 Å². The van der Waals surface area contributed by atoms with Crippen molar-refractivity contribution in [1.29, 1.82) is 0 Å². The third-order valence-electron chi connectivity index (χ3n) is 5.37. The Morgan fingerprint density at radius 3 is 1.19 bits per heavy atom. The summed E-state index contributed by atoms with van der Waals surface area (Å²) < 4.78 is 15.6. The van der Waals surface area contributed by atoms with Crippen LogP contribution in [0, 0.1) is 0 Å². The monoisotopic (exact) mass is 401 g/mol. The number of para-hydroxylation sites is 1. The van der Waals surface area contributed by atoms with Crippen LogP contribution in [0.2, 0.25) is 0 Å². The lowest BCUT2D eigenvalue weighted by Gasteiger charge is -2.26. The summed E-state index contributed by atoms with van der Waals surface area (Å²) >= 11 is 0. The highest BCUT2D eigenvalue weighted by Gasteiger charge is 2.12. The standard InChI is InChI=1S/C30H23N/c1-4-10-24(11-5-1)26-16-20-29(21-17-26)31(28-14-8-3-9-15-28)30-22-18-27(19-23-30)25-12-6-2-7-13-25/h1-23H/i1T,3T. The molecule has 0 radical (unpaired) electrons. The van der Waals surface area contributed by atoms with E-state index >= 15 is 0 Å². The zero-order chi connectivity index (χ0) is 22.6. The van der Waals surface area contributed by atoms with Gasteiger partial charge in [-0.25, -0.2) is 0 Å². The molecule has 0 heterocycles. The lowest BCUT2D eigenvalue weighted by Crippen LogP contribution is -2.09. The Kier molecular flexibility index (Phi) is 4.69. The van der Waals surface area contributed by atoms with Gasteiger partial charge in [-0.15, -0.1) is 0 Å². The predicted molar refractivity (Wildman–Crippen MR) is 132 cm³/mol. The third-order valence-corrected chi connectivity index (χ3v) is 5.37. The highest BCUT2D eigenvalue weighted by molar-refractivity contribution is 5.79. The van der Waals surface area contributed by atoms with Gasteiger partial charge in [0.05, 0.1) is 2.74 Å². The van der Waals surface area contributed by atoms with E-state index in [1.54, 1.807) is 0 Å². The number of hydrogen-bond donors (Lipinski definition) is 0. The number of hydrogen-bond acceptors (Lipinski definition) is 1. The maximum absolute atomic E-state index is 7.87. The molecular formula is C30H23N. The largest absolute Gasteiger partial charge is 0.311 e. The van der Waals surface area contributed by atoms with E-state index in [2.05, 4.69) is 77.7 Å². The van der Waals surface area contributed by atoms with Crippen LogP contribution in [-0.4, -0.2) is 0 Å². The Labute approximate surface area is 186 Å². The molecule has 0 bridgehead atoms. The quantitative estimate of drug-likeness (QED) is 0.285. The maximum atomic E-state index is 7.87. The minimum absolute atomic E-state index is 0.492. The summed E-state index contributed by atoms with van der Waals surface area (Å²) in [4.78, 5) is 2.20. The molecule has 0 aliphatic heterocycles. The van der Waals surface area contributed by atoms with E-state index in [1.807, 2.05) is 54.6 Å². The second-order valence-corrected chi connectivity index (χ2v) is 7.34. The summed E-state index contributed by atoms with van der Waals surface area (Å²) in [6.07, 6.45) is 0. The van der Waals surface area contributed by atoms with Gasteiger partial charge in [0.25, 0.3) is 0 Å². The van der Waals surface area contributed by atoms with Gasteiger partial charge in [0.1, 0.15) is 0 Å². The normalized spacial score (nSPS) is 11.5.